The van der Waals surface area contributed by atoms with Crippen LogP contribution in [0.15, 0.2) is 6.07 Å². The number of hydrogen-bond donors (Lipinski definition) is 1. The predicted molar refractivity (Wildman–Crippen MR) is 88.5 cm³/mol. The number of rotatable bonds is 4. The van der Waals surface area contributed by atoms with Gasteiger partial charge in [-0.25, -0.2) is 0 Å². The largest absolute Gasteiger partial charge is 0.393 e. The van der Waals surface area contributed by atoms with Crippen molar-refractivity contribution in [3.63, 3.8) is 0 Å². The van der Waals surface area contributed by atoms with Crippen molar-refractivity contribution >= 4 is 34.5 Å². The molecule has 2 rings (SSSR count). The third-order valence-corrected chi connectivity index (χ3v) is 5.46. The third-order valence-electron chi connectivity index (χ3n) is 3.84. The smallest absolute Gasteiger partial charge is 0.263 e. The molecule has 1 atom stereocenters. The number of hydrogen-bond acceptors (Lipinski definition) is 3. The van der Waals surface area contributed by atoms with Gasteiger partial charge in [-0.05, 0) is 37.3 Å². The van der Waals surface area contributed by atoms with Gasteiger partial charge in [0, 0.05) is 24.4 Å². The summed E-state index contributed by atoms with van der Waals surface area (Å²) in [7, 11) is 1.82. The fraction of sp³-hybridized carbons (Fsp3) is 0.600. The molecule has 3 nitrogen and oxygen atoms in total. The number of amides is 1. The maximum Gasteiger partial charge on any atom is 0.263 e. The van der Waals surface area contributed by atoms with Crippen molar-refractivity contribution in [3.05, 3.63) is 21.4 Å². The maximum atomic E-state index is 12.5. The van der Waals surface area contributed by atoms with E-state index < -0.39 is 0 Å². The lowest BCUT2D eigenvalue weighted by atomic mass is 10.1. The Morgan fingerprint density at radius 3 is 2.85 bits per heavy atom. The summed E-state index contributed by atoms with van der Waals surface area (Å²) in [5, 5.41) is 0. The van der Waals surface area contributed by atoms with Crippen LogP contribution in [0.1, 0.15) is 46.3 Å². The van der Waals surface area contributed by atoms with Crippen LogP contribution in [-0.2, 0) is 12.8 Å². The molecule has 1 amide bonds. The van der Waals surface area contributed by atoms with Gasteiger partial charge >= 0.3 is 0 Å². The highest BCUT2D eigenvalue weighted by Crippen LogP contribution is 2.29. The molecule has 0 saturated carbocycles. The average Bonchev–Trinajstić information content (AvgIpc) is 2.68. The molecule has 20 heavy (non-hydrogen) atoms. The summed E-state index contributed by atoms with van der Waals surface area (Å²) in [4.78, 5) is 16.9. The van der Waals surface area contributed by atoms with E-state index in [4.69, 9.17) is 18.0 Å². The molecule has 2 N–H and O–H groups in total. The Morgan fingerprint density at radius 2 is 2.15 bits per heavy atom. The first-order valence-electron chi connectivity index (χ1n) is 7.15. The first-order valence-corrected chi connectivity index (χ1v) is 8.38. The topological polar surface area (TPSA) is 46.3 Å². The van der Waals surface area contributed by atoms with Gasteiger partial charge in [-0.1, -0.05) is 25.6 Å². The number of thiocarbonyl (C=S) groups is 1. The van der Waals surface area contributed by atoms with Crippen LogP contribution in [0.5, 0.6) is 0 Å². The van der Waals surface area contributed by atoms with Crippen LogP contribution in [0.4, 0.5) is 0 Å². The molecule has 1 aliphatic carbocycles. The molecular weight excluding hydrogens is 288 g/mol. The number of nitrogens with two attached hydrogens (primary N) is 1. The molecular formula is C15H22N2OS2. The van der Waals surface area contributed by atoms with Crippen LogP contribution in [0.2, 0.25) is 0 Å². The van der Waals surface area contributed by atoms with Crippen molar-refractivity contribution in [3.8, 4) is 0 Å². The van der Waals surface area contributed by atoms with Gasteiger partial charge in [-0.3, -0.25) is 4.79 Å². The number of aryl methyl sites for hydroxylation is 2. The van der Waals surface area contributed by atoms with E-state index in [0.29, 0.717) is 11.5 Å². The van der Waals surface area contributed by atoms with E-state index in [9.17, 15) is 4.79 Å². The minimum absolute atomic E-state index is 0.0525. The lowest BCUT2D eigenvalue weighted by Gasteiger charge is -2.20. The summed E-state index contributed by atoms with van der Waals surface area (Å²) in [6.07, 6.45) is 6.03. The van der Waals surface area contributed by atoms with E-state index in [1.165, 1.54) is 29.7 Å². The summed E-state index contributed by atoms with van der Waals surface area (Å²) in [6, 6.07) is 2.09. The standard InChI is InChI=1S/C15H22N2OS2/c1-10(14(16)19)9-17(2)15(18)13-8-11-6-4-3-5-7-12(11)20-13/h8,10H,3-7,9H2,1-2H3,(H2,16,19). The number of fused-ring (bicyclic) bond motifs is 1. The molecule has 0 saturated heterocycles. The van der Waals surface area contributed by atoms with Crippen molar-refractivity contribution in [1.82, 2.24) is 4.90 Å². The van der Waals surface area contributed by atoms with Crippen molar-refractivity contribution < 1.29 is 4.79 Å². The molecule has 0 fully saturated rings. The second-order valence-corrected chi connectivity index (χ2v) is 7.22. The predicted octanol–water partition coefficient (Wildman–Crippen LogP) is 3.01. The molecule has 0 aromatic carbocycles. The molecule has 1 aromatic heterocycles. The van der Waals surface area contributed by atoms with Gasteiger partial charge in [0.15, 0.2) is 0 Å². The van der Waals surface area contributed by atoms with Crippen molar-refractivity contribution in [2.75, 3.05) is 13.6 Å². The van der Waals surface area contributed by atoms with Crippen LogP contribution in [0, 0.1) is 5.92 Å². The third kappa shape index (κ3) is 3.58. The second-order valence-electron chi connectivity index (χ2n) is 5.61. The number of thiophene rings is 1. The summed E-state index contributed by atoms with van der Waals surface area (Å²) in [5.41, 5.74) is 7.00. The van der Waals surface area contributed by atoms with Crippen LogP contribution in [-0.4, -0.2) is 29.4 Å². The van der Waals surface area contributed by atoms with Crippen molar-refractivity contribution in [1.29, 1.82) is 0 Å². The Labute approximate surface area is 130 Å². The Morgan fingerprint density at radius 1 is 1.45 bits per heavy atom. The molecule has 1 heterocycles. The fourth-order valence-electron chi connectivity index (χ4n) is 2.54. The van der Waals surface area contributed by atoms with E-state index in [1.807, 2.05) is 14.0 Å². The molecule has 5 heteroatoms. The Kier molecular flexibility index (Phi) is 5.16. The Balaban J connectivity index is 2.07. The fourth-order valence-corrected chi connectivity index (χ4v) is 3.87. The molecule has 0 spiro atoms. The van der Waals surface area contributed by atoms with Crippen LogP contribution >= 0.6 is 23.6 Å². The van der Waals surface area contributed by atoms with Crippen molar-refractivity contribution in [2.45, 2.75) is 39.0 Å². The highest BCUT2D eigenvalue weighted by atomic mass is 32.1. The normalized spacial score (nSPS) is 16.1. The minimum atomic E-state index is 0.0525. The van der Waals surface area contributed by atoms with E-state index in [2.05, 4.69) is 6.07 Å². The first-order chi connectivity index (χ1) is 9.49. The first kappa shape index (κ1) is 15.4. The van der Waals surface area contributed by atoms with Gasteiger partial charge in [0.25, 0.3) is 5.91 Å². The SMILES string of the molecule is CC(CN(C)C(=O)c1cc2c(s1)CCCCC2)C(N)=S. The molecule has 0 radical (unpaired) electrons. The Bertz CT molecular complexity index is 486. The van der Waals surface area contributed by atoms with Gasteiger partial charge in [0.05, 0.1) is 9.87 Å². The van der Waals surface area contributed by atoms with E-state index in [-0.39, 0.29) is 11.8 Å². The molecule has 1 aliphatic rings. The summed E-state index contributed by atoms with van der Waals surface area (Å²) in [6.45, 7) is 2.53. The highest BCUT2D eigenvalue weighted by molar-refractivity contribution is 7.80. The lowest BCUT2D eigenvalue weighted by Crippen LogP contribution is -2.35. The highest BCUT2D eigenvalue weighted by Gasteiger charge is 2.20. The van der Waals surface area contributed by atoms with Crippen LogP contribution in [0.3, 0.4) is 0 Å². The molecule has 0 aliphatic heterocycles. The molecule has 1 unspecified atom stereocenters. The van der Waals surface area contributed by atoms with Gasteiger partial charge < -0.3 is 10.6 Å². The summed E-state index contributed by atoms with van der Waals surface area (Å²) < 4.78 is 0. The Hall–Kier alpha value is -0.940. The van der Waals surface area contributed by atoms with Gasteiger partial charge in [0.2, 0.25) is 0 Å². The zero-order valence-corrected chi connectivity index (χ0v) is 13.8. The maximum absolute atomic E-state index is 12.5. The quantitative estimate of drug-likeness (QED) is 0.687. The number of carbonyl (C=O) groups excluding carboxylic acids is 1. The summed E-state index contributed by atoms with van der Waals surface area (Å²) >= 11 is 6.63. The van der Waals surface area contributed by atoms with E-state index in [0.717, 1.165) is 17.7 Å². The molecule has 1 aromatic rings. The van der Waals surface area contributed by atoms with Crippen LogP contribution in [0.25, 0.3) is 0 Å². The number of nitrogens with zero attached hydrogens (tertiary/aromatic N) is 1. The van der Waals surface area contributed by atoms with E-state index in [1.54, 1.807) is 16.2 Å². The molecule has 110 valence electrons. The van der Waals surface area contributed by atoms with Crippen LogP contribution < -0.4 is 5.73 Å². The van der Waals surface area contributed by atoms with E-state index >= 15 is 0 Å². The monoisotopic (exact) mass is 310 g/mol. The average molecular weight is 310 g/mol. The second kappa shape index (κ2) is 6.68. The number of carbonyl (C=O) groups is 1. The van der Waals surface area contributed by atoms with Gasteiger partial charge in [-0.15, -0.1) is 11.3 Å². The summed E-state index contributed by atoms with van der Waals surface area (Å²) in [5.74, 6) is 0.142. The van der Waals surface area contributed by atoms with Gasteiger partial charge in [-0.2, -0.15) is 0 Å². The molecule has 0 bridgehead atoms. The zero-order valence-electron chi connectivity index (χ0n) is 12.1. The zero-order chi connectivity index (χ0) is 14.7. The minimum Gasteiger partial charge on any atom is -0.393 e. The van der Waals surface area contributed by atoms with Gasteiger partial charge in [0.1, 0.15) is 0 Å². The lowest BCUT2D eigenvalue weighted by molar-refractivity contribution is 0.0791. The van der Waals surface area contributed by atoms with Crippen molar-refractivity contribution in [2.24, 2.45) is 11.7 Å².